The van der Waals surface area contributed by atoms with Gasteiger partial charge < -0.3 is 25.3 Å². The summed E-state index contributed by atoms with van der Waals surface area (Å²) in [7, 11) is 4.38. The minimum absolute atomic E-state index is 0. The van der Waals surface area contributed by atoms with E-state index in [1.807, 2.05) is 0 Å². The van der Waals surface area contributed by atoms with Gasteiger partial charge in [-0.1, -0.05) is 0 Å². The monoisotopic (exact) mass is 350 g/mol. The lowest BCUT2D eigenvalue weighted by atomic mass is 10.1. The van der Waals surface area contributed by atoms with Crippen molar-refractivity contribution in [2.24, 2.45) is 5.73 Å². The summed E-state index contributed by atoms with van der Waals surface area (Å²) in [6, 6.07) is 2.22. The van der Waals surface area contributed by atoms with E-state index in [2.05, 4.69) is 5.32 Å². The molecule has 8 heteroatoms. The highest BCUT2D eigenvalue weighted by Gasteiger charge is 2.19. The van der Waals surface area contributed by atoms with Crippen molar-refractivity contribution >= 4 is 18.3 Å². The van der Waals surface area contributed by atoms with Crippen LogP contribution in [0.25, 0.3) is 0 Å². The molecule has 0 aliphatic heterocycles. The largest absolute Gasteiger partial charge is 0.493 e. The normalized spacial score (nSPS) is 12.8. The van der Waals surface area contributed by atoms with Gasteiger partial charge in [-0.2, -0.15) is 0 Å². The Balaban J connectivity index is 0.00000484. The standard InChI is InChI=1S/C15H23FN2O4.ClH/c1-9(18-15(19)5-10(8-17)20-2)11-6-13(21-3)14(22-4)7-12(11)16;/h6-7,9-10H,5,8,17H2,1-4H3,(H,18,19);1H. The fourth-order valence-electron chi connectivity index (χ4n) is 2.05. The minimum atomic E-state index is -0.525. The second-order valence-electron chi connectivity index (χ2n) is 4.82. The predicted molar refractivity (Wildman–Crippen MR) is 87.8 cm³/mol. The van der Waals surface area contributed by atoms with Gasteiger partial charge in [-0.05, 0) is 13.0 Å². The number of hydrogen-bond donors (Lipinski definition) is 2. The highest BCUT2D eigenvalue weighted by atomic mass is 35.5. The number of nitrogens with two attached hydrogens (primary N) is 1. The summed E-state index contributed by atoms with van der Waals surface area (Å²) in [6.45, 7) is 1.93. The van der Waals surface area contributed by atoms with E-state index in [1.165, 1.54) is 33.5 Å². The molecule has 23 heavy (non-hydrogen) atoms. The molecule has 0 radical (unpaired) electrons. The Labute approximate surface area is 141 Å². The van der Waals surface area contributed by atoms with Gasteiger partial charge in [0, 0.05) is 25.3 Å². The first-order valence-electron chi connectivity index (χ1n) is 6.90. The number of carbonyl (C=O) groups excluding carboxylic acids is 1. The Morgan fingerprint density at radius 3 is 2.30 bits per heavy atom. The maximum absolute atomic E-state index is 14.1. The molecule has 6 nitrogen and oxygen atoms in total. The van der Waals surface area contributed by atoms with Crippen molar-refractivity contribution in [3.63, 3.8) is 0 Å². The van der Waals surface area contributed by atoms with Gasteiger partial charge in [0.25, 0.3) is 0 Å². The smallest absolute Gasteiger partial charge is 0.223 e. The van der Waals surface area contributed by atoms with Gasteiger partial charge in [0.1, 0.15) is 5.82 Å². The zero-order valence-electron chi connectivity index (χ0n) is 13.7. The summed E-state index contributed by atoms with van der Waals surface area (Å²) in [5.41, 5.74) is 5.78. The van der Waals surface area contributed by atoms with Crippen LogP contribution in [0, 0.1) is 5.82 Å². The Hall–Kier alpha value is -1.57. The zero-order chi connectivity index (χ0) is 16.7. The Kier molecular flexibility index (Phi) is 9.55. The number of nitrogens with one attached hydrogen (secondary N) is 1. The van der Waals surface area contributed by atoms with Crippen LogP contribution in [0.4, 0.5) is 4.39 Å². The molecule has 1 amide bonds. The van der Waals surface area contributed by atoms with Crippen LogP contribution in [0.2, 0.25) is 0 Å². The summed E-state index contributed by atoms with van der Waals surface area (Å²) in [6.07, 6.45) is -0.242. The maximum Gasteiger partial charge on any atom is 0.223 e. The van der Waals surface area contributed by atoms with Gasteiger partial charge in [0.2, 0.25) is 5.91 Å². The molecule has 0 bridgehead atoms. The molecule has 0 aromatic heterocycles. The Morgan fingerprint density at radius 1 is 1.26 bits per heavy atom. The average Bonchev–Trinajstić information content (AvgIpc) is 2.51. The fraction of sp³-hybridized carbons (Fsp3) is 0.533. The van der Waals surface area contributed by atoms with Gasteiger partial charge in [0.05, 0.1) is 32.8 Å². The molecule has 0 fully saturated rings. The number of hydrogen-bond acceptors (Lipinski definition) is 5. The predicted octanol–water partition coefficient (Wildman–Crippen LogP) is 1.81. The van der Waals surface area contributed by atoms with Crippen molar-refractivity contribution in [2.75, 3.05) is 27.9 Å². The van der Waals surface area contributed by atoms with Crippen molar-refractivity contribution in [3.8, 4) is 11.5 Å². The third kappa shape index (κ3) is 5.85. The first-order chi connectivity index (χ1) is 10.5. The Bertz CT molecular complexity index is 512. The van der Waals surface area contributed by atoms with Crippen molar-refractivity contribution in [1.82, 2.24) is 5.32 Å². The summed E-state index contributed by atoms with van der Waals surface area (Å²) >= 11 is 0. The number of rotatable bonds is 8. The molecular weight excluding hydrogens is 327 g/mol. The lowest BCUT2D eigenvalue weighted by molar-refractivity contribution is -0.124. The van der Waals surface area contributed by atoms with Crippen LogP contribution in [-0.4, -0.2) is 39.9 Å². The molecular formula is C15H24ClFN2O4. The highest BCUT2D eigenvalue weighted by molar-refractivity contribution is 5.85. The highest BCUT2D eigenvalue weighted by Crippen LogP contribution is 2.32. The van der Waals surface area contributed by atoms with Crippen LogP contribution in [0.15, 0.2) is 12.1 Å². The van der Waals surface area contributed by atoms with E-state index in [9.17, 15) is 9.18 Å². The minimum Gasteiger partial charge on any atom is -0.493 e. The van der Waals surface area contributed by atoms with E-state index in [4.69, 9.17) is 19.9 Å². The second-order valence-corrected chi connectivity index (χ2v) is 4.82. The van der Waals surface area contributed by atoms with Crippen molar-refractivity contribution in [3.05, 3.63) is 23.5 Å². The van der Waals surface area contributed by atoms with E-state index in [1.54, 1.807) is 6.92 Å². The molecule has 0 spiro atoms. The molecule has 0 heterocycles. The first-order valence-corrected chi connectivity index (χ1v) is 6.90. The third-order valence-electron chi connectivity index (χ3n) is 3.36. The molecule has 0 saturated carbocycles. The van der Waals surface area contributed by atoms with Crippen LogP contribution in [-0.2, 0) is 9.53 Å². The van der Waals surface area contributed by atoms with Gasteiger partial charge in [0.15, 0.2) is 11.5 Å². The van der Waals surface area contributed by atoms with E-state index in [0.717, 1.165) is 0 Å². The van der Waals surface area contributed by atoms with E-state index < -0.39 is 11.9 Å². The van der Waals surface area contributed by atoms with Crippen molar-refractivity contribution in [2.45, 2.75) is 25.5 Å². The molecule has 0 aliphatic rings. The topological polar surface area (TPSA) is 82.8 Å². The quantitative estimate of drug-likeness (QED) is 0.747. The maximum atomic E-state index is 14.1. The second kappa shape index (κ2) is 10.3. The van der Waals surface area contributed by atoms with Gasteiger partial charge >= 0.3 is 0 Å². The summed E-state index contributed by atoms with van der Waals surface area (Å²) < 4.78 is 29.3. The van der Waals surface area contributed by atoms with Crippen LogP contribution >= 0.6 is 12.4 Å². The number of ether oxygens (including phenoxy) is 3. The molecule has 0 saturated heterocycles. The number of methoxy groups -OCH3 is 3. The summed E-state index contributed by atoms with van der Waals surface area (Å²) in [5, 5.41) is 2.71. The van der Waals surface area contributed by atoms with Crippen molar-refractivity contribution in [1.29, 1.82) is 0 Å². The molecule has 132 valence electrons. The number of carbonyl (C=O) groups is 1. The lowest BCUT2D eigenvalue weighted by Gasteiger charge is -2.19. The molecule has 2 unspecified atom stereocenters. The SMILES string of the molecule is COc1cc(F)c(C(C)NC(=O)CC(CN)OC)cc1OC.Cl. The number of amides is 1. The van der Waals surface area contributed by atoms with E-state index >= 15 is 0 Å². The van der Waals surface area contributed by atoms with Crippen LogP contribution in [0.1, 0.15) is 24.9 Å². The van der Waals surface area contributed by atoms with E-state index in [0.29, 0.717) is 17.1 Å². The molecule has 1 rings (SSSR count). The van der Waals surface area contributed by atoms with Gasteiger partial charge in [-0.3, -0.25) is 4.79 Å². The lowest BCUT2D eigenvalue weighted by Crippen LogP contribution is -2.33. The molecule has 0 aliphatic carbocycles. The molecule has 1 aromatic rings. The number of benzene rings is 1. The molecule has 1 aromatic carbocycles. The first kappa shape index (κ1) is 21.4. The summed E-state index contributed by atoms with van der Waals surface area (Å²) in [4.78, 5) is 11.9. The molecule has 2 atom stereocenters. The third-order valence-corrected chi connectivity index (χ3v) is 3.36. The van der Waals surface area contributed by atoms with Crippen LogP contribution in [0.5, 0.6) is 11.5 Å². The summed E-state index contributed by atoms with van der Waals surface area (Å²) in [5.74, 6) is -0.0480. The van der Waals surface area contributed by atoms with Crippen LogP contribution in [0.3, 0.4) is 0 Å². The fourth-order valence-corrected chi connectivity index (χ4v) is 2.05. The molecule has 3 N–H and O–H groups in total. The Morgan fingerprint density at radius 2 is 1.83 bits per heavy atom. The van der Waals surface area contributed by atoms with Crippen LogP contribution < -0.4 is 20.5 Å². The average molecular weight is 351 g/mol. The van der Waals surface area contributed by atoms with Gasteiger partial charge in [-0.25, -0.2) is 4.39 Å². The zero-order valence-corrected chi connectivity index (χ0v) is 14.5. The van der Waals surface area contributed by atoms with Crippen molar-refractivity contribution < 1.29 is 23.4 Å². The van der Waals surface area contributed by atoms with E-state index in [-0.39, 0.29) is 37.4 Å². The number of halogens is 2. The van der Waals surface area contributed by atoms with Gasteiger partial charge in [-0.15, -0.1) is 12.4 Å².